The standard InChI is InChI=1S/C20H34N4O4/c1-16(2)27-14-17(25)12-22-8-10-23(11-9-22)13-19-21-18(15-28-19)20(26)24-6-4-3-5-7-24/h15-17,25H,3-14H2,1-2H3. The number of piperidine rings is 1. The Morgan fingerprint density at radius 3 is 2.50 bits per heavy atom. The van der Waals surface area contributed by atoms with E-state index >= 15 is 0 Å². The van der Waals surface area contributed by atoms with Gasteiger partial charge in [0.25, 0.3) is 5.91 Å². The number of carbonyl (C=O) groups is 1. The predicted molar refractivity (Wildman–Crippen MR) is 105 cm³/mol. The van der Waals surface area contributed by atoms with Crippen molar-refractivity contribution in [2.24, 2.45) is 0 Å². The number of hydrogen-bond donors (Lipinski definition) is 1. The highest BCUT2D eigenvalue weighted by Crippen LogP contribution is 2.14. The number of hydrogen-bond acceptors (Lipinski definition) is 7. The van der Waals surface area contributed by atoms with Crippen LogP contribution in [0.1, 0.15) is 49.5 Å². The maximum absolute atomic E-state index is 12.5. The summed E-state index contributed by atoms with van der Waals surface area (Å²) in [5.74, 6) is 0.580. The Morgan fingerprint density at radius 2 is 1.82 bits per heavy atom. The van der Waals surface area contributed by atoms with Gasteiger partial charge in [0, 0.05) is 45.8 Å². The fourth-order valence-corrected chi connectivity index (χ4v) is 3.72. The number of oxazole rings is 1. The lowest BCUT2D eigenvalue weighted by molar-refractivity contribution is -0.0151. The number of aromatic nitrogens is 1. The minimum atomic E-state index is -0.455. The highest BCUT2D eigenvalue weighted by Gasteiger charge is 2.24. The molecule has 3 rings (SSSR count). The van der Waals surface area contributed by atoms with E-state index in [4.69, 9.17) is 9.15 Å². The molecule has 158 valence electrons. The van der Waals surface area contributed by atoms with E-state index in [9.17, 15) is 9.90 Å². The van der Waals surface area contributed by atoms with Gasteiger partial charge in [0.15, 0.2) is 5.69 Å². The van der Waals surface area contributed by atoms with Gasteiger partial charge >= 0.3 is 0 Å². The van der Waals surface area contributed by atoms with E-state index in [1.165, 1.54) is 12.7 Å². The largest absolute Gasteiger partial charge is 0.447 e. The summed E-state index contributed by atoms with van der Waals surface area (Å²) in [6, 6.07) is 0. The summed E-state index contributed by atoms with van der Waals surface area (Å²) >= 11 is 0. The molecule has 1 N–H and O–H groups in total. The minimum absolute atomic E-state index is 0.0166. The van der Waals surface area contributed by atoms with Crippen LogP contribution < -0.4 is 0 Å². The number of carbonyl (C=O) groups excluding carboxylic acids is 1. The Kier molecular flexibility index (Phi) is 7.84. The molecule has 0 aliphatic carbocycles. The van der Waals surface area contributed by atoms with Crippen LogP contribution in [-0.4, -0.2) is 95.3 Å². The molecule has 1 unspecified atom stereocenters. The van der Waals surface area contributed by atoms with Crippen LogP contribution in [0.15, 0.2) is 10.7 Å². The van der Waals surface area contributed by atoms with Gasteiger partial charge in [-0.2, -0.15) is 0 Å². The summed E-state index contributed by atoms with van der Waals surface area (Å²) in [5.41, 5.74) is 0.420. The van der Waals surface area contributed by atoms with Gasteiger partial charge in [0.2, 0.25) is 5.89 Å². The van der Waals surface area contributed by atoms with Crippen molar-refractivity contribution in [2.45, 2.75) is 51.9 Å². The molecule has 2 saturated heterocycles. The molecule has 2 aliphatic rings. The van der Waals surface area contributed by atoms with E-state index in [2.05, 4.69) is 14.8 Å². The molecular weight excluding hydrogens is 360 g/mol. The maximum atomic E-state index is 12.5. The van der Waals surface area contributed by atoms with Gasteiger partial charge in [-0.25, -0.2) is 4.98 Å². The topological polar surface area (TPSA) is 82.3 Å². The molecule has 0 spiro atoms. The summed E-state index contributed by atoms with van der Waals surface area (Å²) in [6.07, 6.45) is 4.51. The van der Waals surface area contributed by atoms with Crippen LogP contribution in [0.3, 0.4) is 0 Å². The lowest BCUT2D eigenvalue weighted by Gasteiger charge is -2.35. The Bertz CT molecular complexity index is 607. The molecule has 8 heteroatoms. The lowest BCUT2D eigenvalue weighted by Crippen LogP contribution is -2.48. The van der Waals surface area contributed by atoms with E-state index in [0.717, 1.165) is 52.1 Å². The maximum Gasteiger partial charge on any atom is 0.275 e. The Balaban J connectivity index is 1.40. The number of likely N-dealkylation sites (tertiary alicyclic amines) is 1. The third-order valence-corrected chi connectivity index (χ3v) is 5.33. The fraction of sp³-hybridized carbons (Fsp3) is 0.800. The van der Waals surface area contributed by atoms with Crippen molar-refractivity contribution in [3.05, 3.63) is 17.8 Å². The predicted octanol–water partition coefficient (Wildman–Crippen LogP) is 1.20. The zero-order valence-electron chi connectivity index (χ0n) is 17.2. The van der Waals surface area contributed by atoms with Gasteiger partial charge in [0.1, 0.15) is 6.26 Å². The van der Waals surface area contributed by atoms with E-state index in [-0.39, 0.29) is 12.0 Å². The van der Waals surface area contributed by atoms with E-state index in [0.29, 0.717) is 31.3 Å². The summed E-state index contributed by atoms with van der Waals surface area (Å²) in [5, 5.41) is 10.1. The van der Waals surface area contributed by atoms with Gasteiger partial charge in [-0.15, -0.1) is 0 Å². The van der Waals surface area contributed by atoms with Crippen LogP contribution in [0.2, 0.25) is 0 Å². The second kappa shape index (κ2) is 10.3. The van der Waals surface area contributed by atoms with Crippen molar-refractivity contribution in [2.75, 3.05) is 52.4 Å². The molecule has 0 bridgehead atoms. The molecule has 1 aromatic rings. The van der Waals surface area contributed by atoms with Crippen LogP contribution in [-0.2, 0) is 11.3 Å². The number of amides is 1. The van der Waals surface area contributed by atoms with E-state index in [1.54, 1.807) is 0 Å². The van der Waals surface area contributed by atoms with Crippen molar-refractivity contribution in [3.63, 3.8) is 0 Å². The van der Waals surface area contributed by atoms with Gasteiger partial charge in [0.05, 0.1) is 25.4 Å². The first-order chi connectivity index (χ1) is 13.5. The first kappa shape index (κ1) is 21.2. The molecule has 2 fully saturated rings. The molecule has 8 nitrogen and oxygen atoms in total. The van der Waals surface area contributed by atoms with Crippen molar-refractivity contribution in [1.82, 2.24) is 19.7 Å². The molecule has 0 radical (unpaired) electrons. The van der Waals surface area contributed by atoms with Gasteiger partial charge in [-0.05, 0) is 33.1 Å². The third-order valence-electron chi connectivity index (χ3n) is 5.33. The van der Waals surface area contributed by atoms with Crippen LogP contribution in [0.25, 0.3) is 0 Å². The molecular formula is C20H34N4O4. The molecule has 2 aliphatic heterocycles. The monoisotopic (exact) mass is 394 g/mol. The van der Waals surface area contributed by atoms with Gasteiger partial charge < -0.3 is 19.2 Å². The minimum Gasteiger partial charge on any atom is -0.447 e. The smallest absolute Gasteiger partial charge is 0.275 e. The zero-order valence-corrected chi connectivity index (χ0v) is 17.2. The average molecular weight is 395 g/mol. The van der Waals surface area contributed by atoms with Crippen LogP contribution in [0.4, 0.5) is 0 Å². The van der Waals surface area contributed by atoms with Crippen molar-refractivity contribution in [1.29, 1.82) is 0 Å². The molecule has 1 amide bonds. The van der Waals surface area contributed by atoms with Crippen molar-refractivity contribution >= 4 is 5.91 Å². The lowest BCUT2D eigenvalue weighted by atomic mass is 10.1. The highest BCUT2D eigenvalue weighted by atomic mass is 16.5. The Morgan fingerprint density at radius 1 is 1.14 bits per heavy atom. The second-order valence-electron chi connectivity index (χ2n) is 8.09. The fourth-order valence-electron chi connectivity index (χ4n) is 3.72. The van der Waals surface area contributed by atoms with Crippen molar-refractivity contribution in [3.8, 4) is 0 Å². The molecule has 0 aromatic carbocycles. The summed E-state index contributed by atoms with van der Waals surface area (Å²) in [7, 11) is 0. The number of ether oxygens (including phenoxy) is 1. The Labute approximate surface area is 167 Å². The zero-order chi connectivity index (χ0) is 19.9. The van der Waals surface area contributed by atoms with E-state index in [1.807, 2.05) is 18.7 Å². The van der Waals surface area contributed by atoms with Crippen molar-refractivity contribution < 1.29 is 19.1 Å². The molecule has 3 heterocycles. The second-order valence-corrected chi connectivity index (χ2v) is 8.09. The van der Waals surface area contributed by atoms with Crippen LogP contribution in [0, 0.1) is 0 Å². The van der Waals surface area contributed by atoms with Gasteiger partial charge in [-0.3, -0.25) is 14.6 Å². The summed E-state index contributed by atoms with van der Waals surface area (Å²) in [4.78, 5) is 23.3. The SMILES string of the molecule is CC(C)OCC(O)CN1CCN(Cc2nc(C(=O)N3CCCCC3)co2)CC1. The number of aliphatic hydroxyl groups excluding tert-OH is 1. The highest BCUT2D eigenvalue weighted by molar-refractivity contribution is 5.92. The number of β-amino-alcohol motifs (C(OH)–C–C–N with tert-alkyl or cyclic N) is 1. The molecule has 28 heavy (non-hydrogen) atoms. The first-order valence-corrected chi connectivity index (χ1v) is 10.5. The average Bonchev–Trinajstić information content (AvgIpc) is 3.16. The first-order valence-electron chi connectivity index (χ1n) is 10.5. The summed E-state index contributed by atoms with van der Waals surface area (Å²) in [6.45, 7) is 10.7. The number of piperazine rings is 1. The number of nitrogens with zero attached hydrogens (tertiary/aromatic N) is 4. The summed E-state index contributed by atoms with van der Waals surface area (Å²) < 4.78 is 11.0. The quantitative estimate of drug-likeness (QED) is 0.709. The normalized spacial score (nSPS) is 20.6. The van der Waals surface area contributed by atoms with Crippen LogP contribution in [0.5, 0.6) is 0 Å². The Hall–Kier alpha value is -1.48. The third kappa shape index (κ3) is 6.27. The molecule has 1 atom stereocenters. The number of rotatable bonds is 8. The van der Waals surface area contributed by atoms with Crippen LogP contribution >= 0.6 is 0 Å². The number of aliphatic hydroxyl groups is 1. The molecule has 0 saturated carbocycles. The van der Waals surface area contributed by atoms with E-state index < -0.39 is 6.10 Å². The van der Waals surface area contributed by atoms with Gasteiger partial charge in [-0.1, -0.05) is 0 Å². The molecule has 1 aromatic heterocycles.